The van der Waals surface area contributed by atoms with E-state index in [0.717, 1.165) is 24.3 Å². The molecule has 2 aliphatic carbocycles. The van der Waals surface area contributed by atoms with Gasteiger partial charge >= 0.3 is 11.8 Å². The Kier molecular flexibility index (Phi) is 3.38. The molecule has 0 spiro atoms. The Balaban J connectivity index is 1.89. The average Bonchev–Trinajstić information content (AvgIpc) is 2.92. The molecule has 4 rings (SSSR count). The third-order valence-electron chi connectivity index (χ3n) is 4.99. The monoisotopic (exact) mass is 384 g/mol. The molecule has 0 bridgehead atoms. The summed E-state index contributed by atoms with van der Waals surface area (Å²) in [6.45, 7) is 0. The topological polar surface area (TPSA) is 59.0 Å². The number of benzene rings is 2. The Hall–Kier alpha value is -2.73. The van der Waals surface area contributed by atoms with Crippen molar-refractivity contribution < 1.29 is 31.1 Å². The Morgan fingerprint density at radius 3 is 2.52 bits per heavy atom. The summed E-state index contributed by atoms with van der Waals surface area (Å²) in [5, 5.41) is 8.86. The van der Waals surface area contributed by atoms with E-state index in [1.807, 2.05) is 0 Å². The first-order valence-corrected chi connectivity index (χ1v) is 7.78. The molecule has 0 fully saturated rings. The summed E-state index contributed by atoms with van der Waals surface area (Å²) < 4.78 is 90.4. The summed E-state index contributed by atoms with van der Waals surface area (Å²) in [5.74, 6) is -10.6. The normalized spacial score (nSPS) is 26.5. The molecule has 0 aromatic heterocycles. The molecular weight excluding hydrogens is 374 g/mol. The number of nitrogens with zero attached hydrogens (tertiary/aromatic N) is 1. The Morgan fingerprint density at radius 1 is 1.15 bits per heavy atom. The fourth-order valence-electron chi connectivity index (χ4n) is 3.78. The summed E-state index contributed by atoms with van der Waals surface area (Å²) in [6, 6.07) is 6.28. The van der Waals surface area contributed by atoms with Crippen LogP contribution in [0, 0.1) is 17.1 Å². The Morgan fingerprint density at radius 2 is 1.85 bits per heavy atom. The number of hydrogen-bond acceptors (Lipinski definition) is 3. The highest BCUT2D eigenvalue weighted by atomic mass is 19.3. The van der Waals surface area contributed by atoms with E-state index < -0.39 is 52.5 Å². The van der Waals surface area contributed by atoms with Crippen LogP contribution in [0.15, 0.2) is 30.3 Å². The van der Waals surface area contributed by atoms with Gasteiger partial charge < -0.3 is 10.5 Å². The quantitative estimate of drug-likeness (QED) is 0.757. The molecular formula is C18H10F6N2O. The molecule has 2 aromatic rings. The minimum absolute atomic E-state index is 0.0920. The van der Waals surface area contributed by atoms with Crippen LogP contribution in [-0.2, 0) is 11.5 Å². The van der Waals surface area contributed by atoms with E-state index in [9.17, 15) is 26.3 Å². The van der Waals surface area contributed by atoms with E-state index in [0.29, 0.717) is 6.07 Å². The standard InChI is InChI=1S/C18H10F6N2O/c19-9-3-8(7-25)4-10(5-9)27-13-2-1-11-15-14(13)12(20)6-16(15,26)18(23,24)17(11,21)22/h1-5,12H,6,26H2. The number of hydrogen-bond donors (Lipinski definition) is 1. The van der Waals surface area contributed by atoms with Crippen molar-refractivity contribution in [3.05, 3.63) is 58.4 Å². The van der Waals surface area contributed by atoms with Crippen LogP contribution in [0.4, 0.5) is 26.3 Å². The summed E-state index contributed by atoms with van der Waals surface area (Å²) in [4.78, 5) is 0. The number of halogens is 6. The number of alkyl halides is 5. The Labute approximate surface area is 149 Å². The van der Waals surface area contributed by atoms with Gasteiger partial charge in [0.05, 0.1) is 11.6 Å². The van der Waals surface area contributed by atoms with Gasteiger partial charge in [-0.25, -0.2) is 8.78 Å². The molecule has 0 amide bonds. The van der Waals surface area contributed by atoms with Crippen molar-refractivity contribution >= 4 is 0 Å². The first-order chi connectivity index (χ1) is 12.5. The van der Waals surface area contributed by atoms with Gasteiger partial charge in [0.25, 0.3) is 0 Å². The molecule has 9 heteroatoms. The molecule has 0 saturated carbocycles. The lowest BCUT2D eigenvalue weighted by molar-refractivity contribution is -0.239. The number of ether oxygens (including phenoxy) is 1. The van der Waals surface area contributed by atoms with Gasteiger partial charge in [0, 0.05) is 23.6 Å². The highest BCUT2D eigenvalue weighted by Gasteiger charge is 2.78. The van der Waals surface area contributed by atoms with Crippen molar-refractivity contribution in [3.63, 3.8) is 0 Å². The van der Waals surface area contributed by atoms with E-state index in [-0.39, 0.29) is 17.1 Å². The van der Waals surface area contributed by atoms with Crippen LogP contribution in [0.3, 0.4) is 0 Å². The lowest BCUT2D eigenvalue weighted by atomic mass is 9.91. The highest BCUT2D eigenvalue weighted by Crippen LogP contribution is 2.67. The summed E-state index contributed by atoms with van der Waals surface area (Å²) in [6.07, 6.45) is -3.10. The molecule has 3 nitrogen and oxygen atoms in total. The molecule has 0 heterocycles. The van der Waals surface area contributed by atoms with E-state index in [1.165, 1.54) is 0 Å². The maximum atomic E-state index is 14.5. The van der Waals surface area contributed by atoms with Gasteiger partial charge in [-0.1, -0.05) is 0 Å². The average molecular weight is 384 g/mol. The van der Waals surface area contributed by atoms with Gasteiger partial charge in [-0.3, -0.25) is 0 Å². The molecule has 2 aromatic carbocycles. The van der Waals surface area contributed by atoms with E-state index in [1.54, 1.807) is 6.07 Å². The fraction of sp³-hybridized carbons (Fsp3) is 0.278. The van der Waals surface area contributed by atoms with Crippen molar-refractivity contribution in [2.45, 2.75) is 30.0 Å². The lowest BCUT2D eigenvalue weighted by Crippen LogP contribution is -2.53. The van der Waals surface area contributed by atoms with Gasteiger partial charge in [-0.2, -0.15) is 22.8 Å². The van der Waals surface area contributed by atoms with Crippen LogP contribution in [0.25, 0.3) is 0 Å². The zero-order valence-corrected chi connectivity index (χ0v) is 13.4. The third kappa shape index (κ3) is 2.07. The molecule has 2 atom stereocenters. The van der Waals surface area contributed by atoms with Crippen LogP contribution in [0.1, 0.15) is 34.8 Å². The van der Waals surface area contributed by atoms with Crippen LogP contribution in [-0.4, -0.2) is 5.92 Å². The maximum absolute atomic E-state index is 14.5. The van der Waals surface area contributed by atoms with Gasteiger partial charge in [-0.15, -0.1) is 0 Å². The van der Waals surface area contributed by atoms with Crippen molar-refractivity contribution in [2.24, 2.45) is 5.73 Å². The van der Waals surface area contributed by atoms with Crippen molar-refractivity contribution in [3.8, 4) is 17.6 Å². The number of rotatable bonds is 2. The minimum atomic E-state index is -4.68. The van der Waals surface area contributed by atoms with Gasteiger partial charge in [0.2, 0.25) is 0 Å². The maximum Gasteiger partial charge on any atom is 0.337 e. The molecule has 2 N–H and O–H groups in total. The van der Waals surface area contributed by atoms with Crippen LogP contribution < -0.4 is 10.5 Å². The number of nitrogens with two attached hydrogens (primary N) is 1. The molecule has 0 saturated heterocycles. The minimum Gasteiger partial charge on any atom is -0.457 e. The lowest BCUT2D eigenvalue weighted by Gasteiger charge is -2.31. The fourth-order valence-corrected chi connectivity index (χ4v) is 3.78. The summed E-state index contributed by atoms with van der Waals surface area (Å²) in [7, 11) is 0. The smallest absolute Gasteiger partial charge is 0.337 e. The second kappa shape index (κ2) is 5.16. The van der Waals surface area contributed by atoms with Crippen LogP contribution >= 0.6 is 0 Å². The van der Waals surface area contributed by atoms with Gasteiger partial charge in [0.1, 0.15) is 29.0 Å². The second-order valence-corrected chi connectivity index (χ2v) is 6.58. The molecule has 27 heavy (non-hydrogen) atoms. The molecule has 140 valence electrons. The molecule has 0 radical (unpaired) electrons. The predicted octanol–water partition coefficient (Wildman–Crippen LogP) is 4.80. The van der Waals surface area contributed by atoms with Crippen LogP contribution in [0.5, 0.6) is 11.5 Å². The zero-order chi connectivity index (χ0) is 19.8. The zero-order valence-electron chi connectivity index (χ0n) is 13.4. The van der Waals surface area contributed by atoms with Crippen LogP contribution in [0.2, 0.25) is 0 Å². The van der Waals surface area contributed by atoms with E-state index in [4.69, 9.17) is 15.7 Å². The molecule has 2 aliphatic rings. The van der Waals surface area contributed by atoms with E-state index in [2.05, 4.69) is 0 Å². The molecule has 2 unspecified atom stereocenters. The largest absolute Gasteiger partial charge is 0.457 e. The Bertz CT molecular complexity index is 1020. The highest BCUT2D eigenvalue weighted by molar-refractivity contribution is 5.61. The first kappa shape index (κ1) is 17.7. The molecule has 0 aliphatic heterocycles. The summed E-state index contributed by atoms with van der Waals surface area (Å²) >= 11 is 0. The third-order valence-corrected chi connectivity index (χ3v) is 4.99. The van der Waals surface area contributed by atoms with Gasteiger partial charge in [-0.05, 0) is 29.8 Å². The summed E-state index contributed by atoms with van der Waals surface area (Å²) in [5.41, 5.74) is 0.369. The van der Waals surface area contributed by atoms with Crippen molar-refractivity contribution in [1.29, 1.82) is 5.26 Å². The SMILES string of the molecule is N#Cc1cc(F)cc(Oc2ccc3c4c2C(F)CC4(N)C(F)(F)C3(F)F)c1. The van der Waals surface area contributed by atoms with Gasteiger partial charge in [0.15, 0.2) is 0 Å². The predicted molar refractivity (Wildman–Crippen MR) is 80.8 cm³/mol. The van der Waals surface area contributed by atoms with E-state index >= 15 is 0 Å². The first-order valence-electron chi connectivity index (χ1n) is 7.78. The number of nitriles is 1. The van der Waals surface area contributed by atoms with Crippen molar-refractivity contribution in [2.75, 3.05) is 0 Å². The second-order valence-electron chi connectivity index (χ2n) is 6.58. The van der Waals surface area contributed by atoms with Crippen molar-refractivity contribution in [1.82, 2.24) is 0 Å².